The van der Waals surface area contributed by atoms with Crippen LogP contribution in [0.25, 0.3) is 0 Å². The second-order valence-electron chi connectivity index (χ2n) is 6.52. The zero-order chi connectivity index (χ0) is 18.9. The number of hydrogen-bond acceptors (Lipinski definition) is 4. The highest BCUT2D eigenvalue weighted by molar-refractivity contribution is 7.89. The molecule has 0 bridgehead atoms. The molecular formula is C19H24N2O4S. The summed E-state index contributed by atoms with van der Waals surface area (Å²) in [6, 6.07) is 9.06. The van der Waals surface area contributed by atoms with Gasteiger partial charge in [-0.25, -0.2) is 17.9 Å². The van der Waals surface area contributed by atoms with Gasteiger partial charge in [0, 0.05) is 18.8 Å². The Balaban J connectivity index is 1.93. The van der Waals surface area contributed by atoms with Gasteiger partial charge in [0.15, 0.2) is 0 Å². The zero-order valence-corrected chi connectivity index (χ0v) is 16.1. The monoisotopic (exact) mass is 376 g/mol. The van der Waals surface area contributed by atoms with Gasteiger partial charge in [0.2, 0.25) is 10.0 Å². The Morgan fingerprint density at radius 2 is 2.08 bits per heavy atom. The third-order valence-electron chi connectivity index (χ3n) is 4.93. The van der Waals surface area contributed by atoms with Gasteiger partial charge in [-0.1, -0.05) is 24.3 Å². The summed E-state index contributed by atoms with van der Waals surface area (Å²) in [6.07, 6.45) is 2.66. The molecule has 2 aromatic rings. The number of ether oxygens (including phenoxy) is 1. The number of fused-ring (bicyclic) bond motifs is 1. The Bertz CT molecular complexity index is 931. The normalized spacial score (nSPS) is 17.0. The number of nitrogens with one attached hydrogen (secondary N) is 1. The number of esters is 1. The van der Waals surface area contributed by atoms with Gasteiger partial charge in [-0.05, 0) is 50.3 Å². The van der Waals surface area contributed by atoms with E-state index in [9.17, 15) is 13.2 Å². The van der Waals surface area contributed by atoms with E-state index in [1.807, 2.05) is 24.3 Å². The van der Waals surface area contributed by atoms with Gasteiger partial charge in [0.1, 0.15) is 10.6 Å². The van der Waals surface area contributed by atoms with Gasteiger partial charge in [0.25, 0.3) is 0 Å². The molecule has 0 saturated heterocycles. The van der Waals surface area contributed by atoms with Crippen molar-refractivity contribution in [2.75, 3.05) is 6.61 Å². The van der Waals surface area contributed by atoms with Crippen LogP contribution < -0.4 is 4.72 Å². The van der Waals surface area contributed by atoms with Gasteiger partial charge in [-0.3, -0.25) is 0 Å². The smallest absolute Gasteiger partial charge is 0.354 e. The van der Waals surface area contributed by atoms with E-state index >= 15 is 0 Å². The summed E-state index contributed by atoms with van der Waals surface area (Å²) in [5, 5.41) is 0. The Hall–Kier alpha value is -2.12. The van der Waals surface area contributed by atoms with Crippen LogP contribution in [-0.4, -0.2) is 25.6 Å². The van der Waals surface area contributed by atoms with E-state index in [2.05, 4.69) is 4.72 Å². The van der Waals surface area contributed by atoms with Gasteiger partial charge >= 0.3 is 5.97 Å². The molecule has 0 amide bonds. The van der Waals surface area contributed by atoms with Crippen LogP contribution in [0.3, 0.4) is 0 Å². The lowest BCUT2D eigenvalue weighted by molar-refractivity contribution is 0.0515. The van der Waals surface area contributed by atoms with Crippen molar-refractivity contribution in [3.8, 4) is 0 Å². The molecule has 0 fully saturated rings. The van der Waals surface area contributed by atoms with Crippen molar-refractivity contribution in [2.45, 2.75) is 44.0 Å². The van der Waals surface area contributed by atoms with E-state index in [1.165, 1.54) is 11.6 Å². The van der Waals surface area contributed by atoms with Crippen LogP contribution >= 0.6 is 0 Å². The molecule has 1 N–H and O–H groups in total. The highest BCUT2D eigenvalue weighted by atomic mass is 32.2. The number of hydrogen-bond donors (Lipinski definition) is 1. The molecule has 0 radical (unpaired) electrons. The molecule has 0 spiro atoms. The number of aromatic nitrogens is 1. The van der Waals surface area contributed by atoms with Gasteiger partial charge < -0.3 is 9.30 Å². The minimum absolute atomic E-state index is 0.117. The van der Waals surface area contributed by atoms with Gasteiger partial charge in [0.05, 0.1) is 6.61 Å². The number of nitrogens with zero attached hydrogens (tertiary/aromatic N) is 1. The molecule has 0 aliphatic heterocycles. The topological polar surface area (TPSA) is 77.4 Å². The van der Waals surface area contributed by atoms with Crippen molar-refractivity contribution >= 4 is 16.0 Å². The first-order valence-electron chi connectivity index (χ1n) is 8.78. The Labute approximate surface area is 154 Å². The fourth-order valence-corrected chi connectivity index (χ4v) is 5.01. The molecule has 0 unspecified atom stereocenters. The highest BCUT2D eigenvalue weighted by Gasteiger charge is 2.29. The molecule has 1 aromatic heterocycles. The van der Waals surface area contributed by atoms with Crippen LogP contribution in [0.1, 0.15) is 53.1 Å². The molecule has 140 valence electrons. The number of aryl methyl sites for hydroxylation is 1. The Morgan fingerprint density at radius 3 is 2.81 bits per heavy atom. The first kappa shape index (κ1) is 18.7. The first-order valence-corrected chi connectivity index (χ1v) is 10.3. The van der Waals surface area contributed by atoms with Crippen molar-refractivity contribution in [3.63, 3.8) is 0 Å². The second kappa shape index (κ2) is 7.25. The summed E-state index contributed by atoms with van der Waals surface area (Å²) >= 11 is 0. The predicted molar refractivity (Wildman–Crippen MR) is 98.5 cm³/mol. The average Bonchev–Trinajstić information content (AvgIpc) is 2.91. The summed E-state index contributed by atoms with van der Waals surface area (Å²) in [5.41, 5.74) is 2.95. The molecule has 1 heterocycles. The molecule has 1 aliphatic rings. The maximum atomic E-state index is 13.0. The van der Waals surface area contributed by atoms with E-state index in [4.69, 9.17) is 4.74 Å². The minimum atomic E-state index is -3.76. The molecule has 1 atom stereocenters. The zero-order valence-electron chi connectivity index (χ0n) is 15.3. The number of carbonyl (C=O) groups is 1. The first-order chi connectivity index (χ1) is 12.3. The van der Waals surface area contributed by atoms with E-state index < -0.39 is 16.0 Å². The largest absolute Gasteiger partial charge is 0.461 e. The highest BCUT2D eigenvalue weighted by Crippen LogP contribution is 2.31. The fraction of sp³-hybridized carbons (Fsp3) is 0.421. The predicted octanol–water partition coefficient (Wildman–Crippen LogP) is 2.87. The third kappa shape index (κ3) is 3.41. The van der Waals surface area contributed by atoms with Crippen LogP contribution in [0.4, 0.5) is 0 Å². The number of benzene rings is 1. The number of rotatable bonds is 5. The maximum absolute atomic E-state index is 13.0. The minimum Gasteiger partial charge on any atom is -0.461 e. The maximum Gasteiger partial charge on any atom is 0.354 e. The molecule has 1 aromatic carbocycles. The van der Waals surface area contributed by atoms with Crippen molar-refractivity contribution in [1.82, 2.24) is 9.29 Å². The van der Waals surface area contributed by atoms with Crippen LogP contribution in [0, 0.1) is 6.92 Å². The second-order valence-corrected chi connectivity index (χ2v) is 8.21. The summed E-state index contributed by atoms with van der Waals surface area (Å²) < 4.78 is 35.4. The van der Waals surface area contributed by atoms with Crippen LogP contribution in [0.15, 0.2) is 35.2 Å². The quantitative estimate of drug-likeness (QED) is 0.814. The molecule has 7 heteroatoms. The third-order valence-corrected chi connectivity index (χ3v) is 6.52. The summed E-state index contributed by atoms with van der Waals surface area (Å²) in [4.78, 5) is 12.2. The van der Waals surface area contributed by atoms with E-state index in [0.717, 1.165) is 24.8 Å². The fourth-order valence-electron chi connectivity index (χ4n) is 3.47. The average molecular weight is 376 g/mol. The molecular weight excluding hydrogens is 352 g/mol. The van der Waals surface area contributed by atoms with E-state index in [0.29, 0.717) is 5.69 Å². The molecule has 26 heavy (non-hydrogen) atoms. The standard InChI is InChI=1S/C19H24N2O4S/c1-4-25-19(22)17-12-18(13(2)21(17)3)26(23,24)20-16-11-7-9-14-8-5-6-10-15(14)16/h5-6,8,10,12,16,20H,4,7,9,11H2,1-3H3/t16-/m0/s1. The molecule has 1 aliphatic carbocycles. The molecule has 0 saturated carbocycles. The van der Waals surface area contributed by atoms with Crippen LogP contribution in [-0.2, 0) is 28.2 Å². The Morgan fingerprint density at radius 1 is 1.35 bits per heavy atom. The lowest BCUT2D eigenvalue weighted by Gasteiger charge is -2.26. The Kier molecular flexibility index (Phi) is 5.20. The van der Waals surface area contributed by atoms with Gasteiger partial charge in [-0.2, -0.15) is 0 Å². The summed E-state index contributed by atoms with van der Waals surface area (Å²) in [6.45, 7) is 3.64. The SMILES string of the molecule is CCOC(=O)c1cc(S(=O)(=O)N[C@H]2CCCc3ccccc32)c(C)n1C. The van der Waals surface area contributed by atoms with E-state index in [-0.39, 0.29) is 23.2 Å². The number of carbonyl (C=O) groups excluding carboxylic acids is 1. The summed E-state index contributed by atoms with van der Waals surface area (Å²) in [7, 11) is -2.10. The van der Waals surface area contributed by atoms with Crippen molar-refractivity contribution in [3.05, 3.63) is 52.8 Å². The molecule has 6 nitrogen and oxygen atoms in total. The van der Waals surface area contributed by atoms with Crippen LogP contribution in [0.5, 0.6) is 0 Å². The lowest BCUT2D eigenvalue weighted by Crippen LogP contribution is -2.31. The lowest BCUT2D eigenvalue weighted by atomic mass is 9.88. The van der Waals surface area contributed by atoms with Crippen LogP contribution in [0.2, 0.25) is 0 Å². The van der Waals surface area contributed by atoms with Gasteiger partial charge in [-0.15, -0.1) is 0 Å². The summed E-state index contributed by atoms with van der Waals surface area (Å²) in [5.74, 6) is -0.525. The van der Waals surface area contributed by atoms with Crippen molar-refractivity contribution in [1.29, 1.82) is 0 Å². The van der Waals surface area contributed by atoms with E-state index in [1.54, 1.807) is 25.5 Å². The molecule has 3 rings (SSSR count). The number of sulfonamides is 1. The van der Waals surface area contributed by atoms with Crippen molar-refractivity contribution in [2.24, 2.45) is 7.05 Å². The van der Waals surface area contributed by atoms with Crippen molar-refractivity contribution < 1.29 is 17.9 Å².